The Bertz CT molecular complexity index is 1170. The number of hydrogen-bond acceptors (Lipinski definition) is 4. The van der Waals surface area contributed by atoms with Gasteiger partial charge in [0.25, 0.3) is 0 Å². The maximum absolute atomic E-state index is 12.8. The van der Waals surface area contributed by atoms with E-state index in [1.54, 1.807) is 29.7 Å². The van der Waals surface area contributed by atoms with Crippen molar-refractivity contribution in [3.8, 4) is 10.4 Å². The molecule has 0 aliphatic heterocycles. The predicted molar refractivity (Wildman–Crippen MR) is 124 cm³/mol. The maximum Gasteiger partial charge on any atom is 0.416 e. The summed E-state index contributed by atoms with van der Waals surface area (Å²) >= 11 is 1.58. The van der Waals surface area contributed by atoms with Gasteiger partial charge in [-0.2, -0.15) is 13.2 Å². The average molecular weight is 490 g/mol. The third-order valence-corrected chi connectivity index (χ3v) is 7.03. The predicted octanol–water partition coefficient (Wildman–Crippen LogP) is 6.83. The highest BCUT2D eigenvalue weighted by atomic mass is 32.1. The van der Waals surface area contributed by atoms with Crippen LogP contribution in [0.1, 0.15) is 42.2 Å². The number of urea groups is 1. The summed E-state index contributed by atoms with van der Waals surface area (Å²) < 4.78 is 38.5. The summed E-state index contributed by atoms with van der Waals surface area (Å²) in [6.07, 6.45) is 0.266. The highest BCUT2D eigenvalue weighted by Gasteiger charge is 2.30. The van der Waals surface area contributed by atoms with E-state index in [2.05, 4.69) is 15.6 Å². The zero-order valence-electron chi connectivity index (χ0n) is 17.9. The number of thiazole rings is 1. The number of nitrogens with one attached hydrogen (secondary N) is 2. The van der Waals surface area contributed by atoms with Crippen LogP contribution in [0.5, 0.6) is 0 Å². The Balaban J connectivity index is 1.35. The molecule has 0 atom stereocenters. The van der Waals surface area contributed by atoms with E-state index in [-0.39, 0.29) is 17.5 Å². The van der Waals surface area contributed by atoms with Gasteiger partial charge < -0.3 is 15.7 Å². The Labute approximate surface area is 197 Å². The molecule has 3 N–H and O–H groups in total. The van der Waals surface area contributed by atoms with Crippen molar-refractivity contribution in [3.63, 3.8) is 0 Å². The zero-order valence-corrected chi connectivity index (χ0v) is 18.7. The number of carbonyl (C=O) groups is 2. The number of hydrogen-bond donors (Lipinski definition) is 3. The third-order valence-electron chi connectivity index (χ3n) is 5.82. The molecule has 178 valence electrons. The summed E-state index contributed by atoms with van der Waals surface area (Å²) in [4.78, 5) is 28.8. The van der Waals surface area contributed by atoms with E-state index in [4.69, 9.17) is 5.11 Å². The van der Waals surface area contributed by atoms with Crippen LogP contribution in [0.2, 0.25) is 0 Å². The molecule has 0 unspecified atom stereocenters. The molecule has 4 rings (SSSR count). The van der Waals surface area contributed by atoms with Gasteiger partial charge in [0.15, 0.2) is 0 Å². The van der Waals surface area contributed by atoms with Crippen LogP contribution in [-0.2, 0) is 11.0 Å². The first-order chi connectivity index (χ1) is 16.2. The number of nitrogens with zero attached hydrogens (tertiary/aromatic N) is 1. The molecular formula is C24H22F3N3O3S. The molecule has 3 aromatic rings. The molecule has 0 bridgehead atoms. The Morgan fingerprint density at radius 1 is 0.971 bits per heavy atom. The number of benzene rings is 2. The lowest BCUT2D eigenvalue weighted by atomic mass is 9.82. The van der Waals surface area contributed by atoms with Gasteiger partial charge in [-0.1, -0.05) is 18.2 Å². The summed E-state index contributed by atoms with van der Waals surface area (Å²) in [5.41, 5.74) is 0.615. The molecule has 34 heavy (non-hydrogen) atoms. The molecule has 1 saturated carbocycles. The standard InChI is InChI=1S/C24H22F3N3O3S/c25-24(26,27)17-2-1-3-19(12-17)30-23(33)29-18-10-8-14(9-11-18)20-13-28-21(34-20)15-4-6-16(7-5-15)22(31)32/h1-3,8-13,15-16H,4-7H2,(H,31,32)(H2,29,30,33). The average Bonchev–Trinajstić information content (AvgIpc) is 3.29. The highest BCUT2D eigenvalue weighted by Crippen LogP contribution is 2.39. The van der Waals surface area contributed by atoms with Gasteiger partial charge in [-0.05, 0) is 61.6 Å². The van der Waals surface area contributed by atoms with Crippen LogP contribution in [0.3, 0.4) is 0 Å². The second kappa shape index (κ2) is 9.84. The normalized spacial score (nSPS) is 18.3. The minimum absolute atomic E-state index is 0.0403. The van der Waals surface area contributed by atoms with Crippen molar-refractivity contribution in [2.75, 3.05) is 10.6 Å². The summed E-state index contributed by atoms with van der Waals surface area (Å²) in [6.45, 7) is 0. The van der Waals surface area contributed by atoms with Crippen LogP contribution in [0.15, 0.2) is 54.7 Å². The van der Waals surface area contributed by atoms with E-state index < -0.39 is 23.7 Å². The smallest absolute Gasteiger partial charge is 0.416 e. The van der Waals surface area contributed by atoms with E-state index >= 15 is 0 Å². The number of aliphatic carboxylic acids is 1. The number of halogens is 3. The Morgan fingerprint density at radius 3 is 2.29 bits per heavy atom. The number of rotatable bonds is 5. The van der Waals surface area contributed by atoms with Crippen LogP contribution >= 0.6 is 11.3 Å². The van der Waals surface area contributed by atoms with Crippen molar-refractivity contribution in [1.82, 2.24) is 4.98 Å². The molecule has 0 radical (unpaired) electrons. The topological polar surface area (TPSA) is 91.3 Å². The van der Waals surface area contributed by atoms with Gasteiger partial charge in [-0.25, -0.2) is 9.78 Å². The highest BCUT2D eigenvalue weighted by molar-refractivity contribution is 7.15. The van der Waals surface area contributed by atoms with E-state index in [1.165, 1.54) is 12.1 Å². The van der Waals surface area contributed by atoms with Crippen LogP contribution in [-0.4, -0.2) is 22.1 Å². The van der Waals surface area contributed by atoms with E-state index in [0.29, 0.717) is 18.5 Å². The van der Waals surface area contributed by atoms with Crippen molar-refractivity contribution in [3.05, 3.63) is 65.3 Å². The fourth-order valence-corrected chi connectivity index (χ4v) is 5.07. The molecule has 2 aromatic carbocycles. The van der Waals surface area contributed by atoms with Crippen molar-refractivity contribution in [2.24, 2.45) is 5.92 Å². The fraction of sp³-hybridized carbons (Fsp3) is 0.292. The Hall–Kier alpha value is -3.40. The summed E-state index contributed by atoms with van der Waals surface area (Å²) in [6, 6.07) is 10.9. The van der Waals surface area contributed by atoms with Crippen LogP contribution in [0.4, 0.5) is 29.3 Å². The quantitative estimate of drug-likeness (QED) is 0.366. The van der Waals surface area contributed by atoms with E-state index in [9.17, 15) is 22.8 Å². The fourth-order valence-electron chi connectivity index (χ4n) is 3.98. The number of carboxylic acid groups (broad SMARTS) is 1. The second-order valence-corrected chi connectivity index (χ2v) is 9.25. The lowest BCUT2D eigenvalue weighted by molar-refractivity contribution is -0.143. The molecule has 1 aromatic heterocycles. The van der Waals surface area contributed by atoms with Crippen LogP contribution < -0.4 is 10.6 Å². The second-order valence-electron chi connectivity index (χ2n) is 8.18. The Kier molecular flexibility index (Phi) is 6.87. The van der Waals surface area contributed by atoms with Gasteiger partial charge >= 0.3 is 18.2 Å². The molecule has 2 amide bonds. The number of anilines is 2. The van der Waals surface area contributed by atoms with E-state index in [0.717, 1.165) is 40.4 Å². The van der Waals surface area contributed by atoms with Gasteiger partial charge in [-0.3, -0.25) is 4.79 Å². The van der Waals surface area contributed by atoms with Gasteiger partial charge in [0.1, 0.15) is 0 Å². The zero-order chi connectivity index (χ0) is 24.3. The number of carboxylic acids is 1. The van der Waals surface area contributed by atoms with Gasteiger partial charge in [0, 0.05) is 23.5 Å². The van der Waals surface area contributed by atoms with Crippen molar-refractivity contribution in [1.29, 1.82) is 0 Å². The Morgan fingerprint density at radius 2 is 1.65 bits per heavy atom. The minimum Gasteiger partial charge on any atom is -0.481 e. The maximum atomic E-state index is 12.8. The lowest BCUT2D eigenvalue weighted by Crippen LogP contribution is -2.20. The minimum atomic E-state index is -4.49. The molecule has 6 nitrogen and oxygen atoms in total. The summed E-state index contributed by atoms with van der Waals surface area (Å²) in [7, 11) is 0. The van der Waals surface area contributed by atoms with Gasteiger partial charge in [0.2, 0.25) is 0 Å². The SMILES string of the molecule is O=C(Nc1ccc(-c2cnc(C3CCC(C(=O)O)CC3)s2)cc1)Nc1cccc(C(F)(F)F)c1. The van der Waals surface area contributed by atoms with Crippen molar-refractivity contribution >= 4 is 34.7 Å². The number of aromatic nitrogens is 1. The number of amides is 2. The van der Waals surface area contributed by atoms with Crippen molar-refractivity contribution < 1.29 is 27.9 Å². The van der Waals surface area contributed by atoms with Crippen LogP contribution in [0.25, 0.3) is 10.4 Å². The molecule has 1 fully saturated rings. The monoisotopic (exact) mass is 489 g/mol. The molecule has 1 aliphatic carbocycles. The first kappa shape index (κ1) is 23.7. The number of carbonyl (C=O) groups excluding carboxylic acids is 1. The lowest BCUT2D eigenvalue weighted by Gasteiger charge is -2.24. The van der Waals surface area contributed by atoms with Gasteiger partial charge in [0.05, 0.1) is 21.4 Å². The van der Waals surface area contributed by atoms with Crippen molar-refractivity contribution in [2.45, 2.75) is 37.8 Å². The largest absolute Gasteiger partial charge is 0.481 e. The van der Waals surface area contributed by atoms with E-state index in [1.807, 2.05) is 12.1 Å². The summed E-state index contributed by atoms with van der Waals surface area (Å²) in [5, 5.41) is 15.2. The summed E-state index contributed by atoms with van der Waals surface area (Å²) in [5.74, 6) is -0.716. The third kappa shape index (κ3) is 5.74. The first-order valence-electron chi connectivity index (χ1n) is 10.7. The number of alkyl halides is 3. The molecule has 1 aliphatic rings. The molecular weight excluding hydrogens is 467 g/mol. The first-order valence-corrected chi connectivity index (χ1v) is 11.5. The molecule has 1 heterocycles. The molecule has 0 spiro atoms. The van der Waals surface area contributed by atoms with Gasteiger partial charge in [-0.15, -0.1) is 11.3 Å². The van der Waals surface area contributed by atoms with Crippen LogP contribution in [0, 0.1) is 5.92 Å². The molecule has 10 heteroatoms. The molecule has 0 saturated heterocycles.